The summed E-state index contributed by atoms with van der Waals surface area (Å²) in [4.78, 5) is 8.23. The van der Waals surface area contributed by atoms with Gasteiger partial charge in [0.25, 0.3) is 0 Å². The second-order valence-electron chi connectivity index (χ2n) is 6.48. The van der Waals surface area contributed by atoms with E-state index in [1.165, 1.54) is 4.88 Å². The minimum Gasteiger partial charge on any atom is -0.340 e. The highest BCUT2D eigenvalue weighted by molar-refractivity contribution is 7.09. The van der Waals surface area contributed by atoms with E-state index in [-0.39, 0.29) is 5.41 Å². The van der Waals surface area contributed by atoms with Gasteiger partial charge in [-0.05, 0) is 22.9 Å². The maximum absolute atomic E-state index is 9.00. The van der Waals surface area contributed by atoms with Crippen molar-refractivity contribution in [1.29, 1.82) is 0 Å². The van der Waals surface area contributed by atoms with Crippen LogP contribution in [0, 0.1) is 5.41 Å². The van der Waals surface area contributed by atoms with Crippen LogP contribution in [-0.4, -0.2) is 16.7 Å². The maximum Gasteiger partial charge on any atom is 0.169 e. The Bertz CT molecular complexity index is 546. The summed E-state index contributed by atoms with van der Waals surface area (Å²) in [5, 5.41) is 11.1. The second kappa shape index (κ2) is 7.07. The molecule has 1 aromatic heterocycles. The van der Waals surface area contributed by atoms with Gasteiger partial charge in [0.2, 0.25) is 0 Å². The Labute approximate surface area is 130 Å². The van der Waals surface area contributed by atoms with E-state index in [4.69, 9.17) is 5.26 Å². The molecule has 114 valence electrons. The van der Waals surface area contributed by atoms with Gasteiger partial charge in [0.1, 0.15) is 0 Å². The molecule has 3 nitrogen and oxygen atoms in total. The third-order valence-corrected chi connectivity index (χ3v) is 3.98. The average molecular weight is 305 g/mol. The molecule has 0 aliphatic heterocycles. The molecule has 0 atom stereocenters. The van der Waals surface area contributed by atoms with Gasteiger partial charge in [-0.3, -0.25) is 4.90 Å². The van der Waals surface area contributed by atoms with Crippen molar-refractivity contribution in [2.75, 3.05) is 6.54 Å². The molecule has 0 spiro atoms. The summed E-state index contributed by atoms with van der Waals surface area (Å²) < 4.78 is 0. The molecule has 0 saturated heterocycles. The van der Waals surface area contributed by atoms with E-state index in [9.17, 15) is 0 Å². The number of para-hydroxylation sites is 1. The van der Waals surface area contributed by atoms with Gasteiger partial charge in [-0.25, -0.2) is 5.26 Å². The summed E-state index contributed by atoms with van der Waals surface area (Å²) in [6.45, 7) is 9.36. The van der Waals surface area contributed by atoms with E-state index in [2.05, 4.69) is 48.1 Å². The van der Waals surface area contributed by atoms with Crippen molar-refractivity contribution in [3.05, 3.63) is 52.2 Å². The van der Waals surface area contributed by atoms with Crippen LogP contribution in [-0.2, 0) is 13.1 Å². The Hall–Kier alpha value is -1.36. The molecule has 21 heavy (non-hydrogen) atoms. The Kier molecular flexibility index (Phi) is 5.39. The van der Waals surface area contributed by atoms with Gasteiger partial charge in [-0.15, -0.1) is 11.3 Å². The summed E-state index contributed by atoms with van der Waals surface area (Å²) in [7, 11) is 0. The van der Waals surface area contributed by atoms with Crippen molar-refractivity contribution >= 4 is 11.3 Å². The summed E-state index contributed by atoms with van der Waals surface area (Å²) >= 11 is 1.78. The Balaban J connectivity index is 2.14. The lowest BCUT2D eigenvalue weighted by atomic mass is 9.95. The van der Waals surface area contributed by atoms with Crippen molar-refractivity contribution in [2.24, 2.45) is 5.41 Å². The lowest BCUT2D eigenvalue weighted by Gasteiger charge is -2.30. The quantitative estimate of drug-likeness (QED) is 0.623. The molecule has 0 aliphatic carbocycles. The average Bonchev–Trinajstić information content (AvgIpc) is 2.90. The van der Waals surface area contributed by atoms with Crippen molar-refractivity contribution in [2.45, 2.75) is 33.9 Å². The van der Waals surface area contributed by atoms with Crippen LogP contribution in [0.15, 0.2) is 41.8 Å². The van der Waals surface area contributed by atoms with Gasteiger partial charge < -0.3 is 4.89 Å². The third kappa shape index (κ3) is 5.16. The predicted octanol–water partition coefficient (Wildman–Crippen LogP) is 4.65. The molecule has 4 heteroatoms. The van der Waals surface area contributed by atoms with Gasteiger partial charge >= 0.3 is 0 Å². The van der Waals surface area contributed by atoms with Crippen LogP contribution in [0.3, 0.4) is 0 Å². The molecule has 0 fully saturated rings. The molecule has 0 amide bonds. The number of thiophene rings is 1. The molecule has 0 aliphatic rings. The first kappa shape index (κ1) is 16.0. The molecule has 0 saturated carbocycles. The smallest absolute Gasteiger partial charge is 0.169 e. The third-order valence-electron chi connectivity index (χ3n) is 3.12. The highest BCUT2D eigenvalue weighted by Crippen LogP contribution is 2.24. The monoisotopic (exact) mass is 305 g/mol. The van der Waals surface area contributed by atoms with Crippen LogP contribution in [0.4, 0.5) is 0 Å². The van der Waals surface area contributed by atoms with E-state index in [0.29, 0.717) is 5.75 Å². The molecular weight excluding hydrogens is 282 g/mol. The molecule has 2 aromatic rings. The minimum atomic E-state index is 0.215. The van der Waals surface area contributed by atoms with Crippen LogP contribution >= 0.6 is 11.3 Å². The molecule has 0 unspecified atom stereocenters. The first-order valence-corrected chi connectivity index (χ1v) is 8.00. The Morgan fingerprint density at radius 2 is 1.86 bits per heavy atom. The number of hydrogen-bond donors (Lipinski definition) is 1. The van der Waals surface area contributed by atoms with Crippen LogP contribution in [0.25, 0.3) is 0 Å². The zero-order chi connectivity index (χ0) is 15.3. The van der Waals surface area contributed by atoms with Gasteiger partial charge in [0.05, 0.1) is 0 Å². The summed E-state index contributed by atoms with van der Waals surface area (Å²) in [6.07, 6.45) is 0. The molecule has 2 rings (SSSR count). The molecule has 0 bridgehead atoms. The van der Waals surface area contributed by atoms with Crippen molar-refractivity contribution in [1.82, 2.24) is 4.90 Å². The number of nitrogens with zero attached hydrogens (tertiary/aromatic N) is 1. The van der Waals surface area contributed by atoms with Crippen LogP contribution in [0.1, 0.15) is 31.2 Å². The molecule has 1 N–H and O–H groups in total. The first-order valence-electron chi connectivity index (χ1n) is 7.12. The molecule has 0 radical (unpaired) electrons. The summed E-state index contributed by atoms with van der Waals surface area (Å²) in [5.74, 6) is 0.530. The van der Waals surface area contributed by atoms with Crippen molar-refractivity contribution < 1.29 is 10.1 Å². The fourth-order valence-corrected chi connectivity index (χ4v) is 3.17. The van der Waals surface area contributed by atoms with E-state index >= 15 is 0 Å². The molecule has 1 heterocycles. The number of benzene rings is 1. The standard InChI is InChI=1S/C17H23NO2S/c1-17(2,3)13-18(12-15-8-6-10-21-15)11-14-7-4-5-9-16(14)20-19/h4-10,19H,11-13H2,1-3H3. The lowest BCUT2D eigenvalue weighted by Crippen LogP contribution is -2.31. The van der Waals surface area contributed by atoms with E-state index in [1.54, 1.807) is 17.4 Å². The van der Waals surface area contributed by atoms with E-state index in [1.807, 2.05) is 18.2 Å². The molecule has 1 aromatic carbocycles. The van der Waals surface area contributed by atoms with Gasteiger partial charge in [0, 0.05) is 30.1 Å². The van der Waals surface area contributed by atoms with Crippen molar-refractivity contribution in [3.8, 4) is 5.75 Å². The van der Waals surface area contributed by atoms with E-state index in [0.717, 1.165) is 25.2 Å². The SMILES string of the molecule is CC(C)(C)CN(Cc1cccs1)Cc1ccccc1OO. The van der Waals surface area contributed by atoms with Crippen LogP contribution in [0.2, 0.25) is 0 Å². The topological polar surface area (TPSA) is 32.7 Å². The van der Waals surface area contributed by atoms with Crippen LogP contribution in [0.5, 0.6) is 5.75 Å². The summed E-state index contributed by atoms with van der Waals surface area (Å²) in [5.41, 5.74) is 1.22. The van der Waals surface area contributed by atoms with Crippen molar-refractivity contribution in [3.63, 3.8) is 0 Å². The normalized spacial score (nSPS) is 11.9. The van der Waals surface area contributed by atoms with E-state index < -0.39 is 0 Å². The first-order chi connectivity index (χ1) is 9.98. The second-order valence-corrected chi connectivity index (χ2v) is 7.52. The highest BCUT2D eigenvalue weighted by atomic mass is 32.1. The van der Waals surface area contributed by atoms with Gasteiger partial charge in [-0.2, -0.15) is 0 Å². The Morgan fingerprint density at radius 1 is 1.10 bits per heavy atom. The van der Waals surface area contributed by atoms with Gasteiger partial charge in [-0.1, -0.05) is 45.0 Å². The van der Waals surface area contributed by atoms with Gasteiger partial charge in [0.15, 0.2) is 5.75 Å². The maximum atomic E-state index is 9.00. The number of hydrogen-bond acceptors (Lipinski definition) is 4. The minimum absolute atomic E-state index is 0.215. The largest absolute Gasteiger partial charge is 0.340 e. The Morgan fingerprint density at radius 3 is 2.48 bits per heavy atom. The fourth-order valence-electron chi connectivity index (χ4n) is 2.43. The fraction of sp³-hybridized carbons (Fsp3) is 0.412. The lowest BCUT2D eigenvalue weighted by molar-refractivity contribution is -0.138. The molecular formula is C17H23NO2S. The highest BCUT2D eigenvalue weighted by Gasteiger charge is 2.18. The zero-order valence-corrected chi connectivity index (χ0v) is 13.7. The predicted molar refractivity (Wildman–Crippen MR) is 87.6 cm³/mol. The number of rotatable bonds is 6. The zero-order valence-electron chi connectivity index (χ0n) is 12.9. The summed E-state index contributed by atoms with van der Waals surface area (Å²) in [6, 6.07) is 11.9. The van der Waals surface area contributed by atoms with Crippen LogP contribution < -0.4 is 4.89 Å².